The van der Waals surface area contributed by atoms with E-state index in [4.69, 9.17) is 14.2 Å². The molecule has 2 saturated heterocycles. The number of ether oxygens (including phenoxy) is 3. The number of carbonyl (C=O) groups is 3. The summed E-state index contributed by atoms with van der Waals surface area (Å²) in [6.07, 6.45) is 1.79. The average molecular weight is 637 g/mol. The van der Waals surface area contributed by atoms with E-state index in [9.17, 15) is 34.8 Å². The number of aromatic hydroxyl groups is 2. The maximum atomic E-state index is 13.9. The van der Waals surface area contributed by atoms with Crippen molar-refractivity contribution in [3.8, 4) is 17.2 Å². The highest BCUT2D eigenvalue weighted by Gasteiger charge is 2.49. The van der Waals surface area contributed by atoms with E-state index in [1.165, 1.54) is 32.2 Å². The van der Waals surface area contributed by atoms with Crippen molar-refractivity contribution < 1.29 is 49.0 Å². The molecule has 2 fully saturated rings. The molecule has 4 aliphatic rings. The smallest absolute Gasteiger partial charge is 0.202 e. The van der Waals surface area contributed by atoms with Crippen LogP contribution in [0.1, 0.15) is 101 Å². The van der Waals surface area contributed by atoms with Gasteiger partial charge in [-0.05, 0) is 32.8 Å². The van der Waals surface area contributed by atoms with Crippen LogP contribution in [0, 0.1) is 0 Å². The number of likely N-dealkylation sites (tertiary alicyclic amines) is 1. The van der Waals surface area contributed by atoms with Crippen LogP contribution in [-0.2, 0) is 20.7 Å². The average Bonchev–Trinajstić information content (AvgIpc) is 3.31. The number of ketones is 3. The first-order valence-electron chi connectivity index (χ1n) is 15.8. The molecule has 0 saturated carbocycles. The zero-order chi connectivity index (χ0) is 32.9. The topological polar surface area (TPSA) is 175 Å². The molecule has 12 nitrogen and oxygen atoms in total. The van der Waals surface area contributed by atoms with E-state index in [0.717, 1.165) is 38.8 Å². The van der Waals surface area contributed by atoms with Gasteiger partial charge in [0.1, 0.15) is 29.0 Å². The molecule has 0 spiro atoms. The SMILES string of the molecule is COc1cccc2c1C(=O)c1c(O)c3c(c(O)c1C2=O)CC(O)(C(C)=O)C[C@@H]3OC1C[C@H](N=CN2CCCCCC2)C(O)C(C)O1. The summed E-state index contributed by atoms with van der Waals surface area (Å²) in [6.45, 7) is 4.65. The summed E-state index contributed by atoms with van der Waals surface area (Å²) >= 11 is 0. The van der Waals surface area contributed by atoms with Crippen LogP contribution in [0.25, 0.3) is 0 Å². The van der Waals surface area contributed by atoms with Gasteiger partial charge in [0.2, 0.25) is 5.78 Å². The number of phenolic OH excluding ortho intramolecular Hbond substituents is 2. The van der Waals surface area contributed by atoms with Crippen molar-refractivity contribution in [1.29, 1.82) is 0 Å². The van der Waals surface area contributed by atoms with Gasteiger partial charge in [-0.25, -0.2) is 0 Å². The van der Waals surface area contributed by atoms with Crippen LogP contribution in [0.5, 0.6) is 17.2 Å². The van der Waals surface area contributed by atoms with E-state index in [1.807, 2.05) is 0 Å². The first kappa shape index (κ1) is 32.1. The minimum atomic E-state index is -2.01. The van der Waals surface area contributed by atoms with Gasteiger partial charge in [0.25, 0.3) is 0 Å². The number of phenols is 2. The van der Waals surface area contributed by atoms with Gasteiger partial charge < -0.3 is 39.5 Å². The Morgan fingerprint density at radius 3 is 2.43 bits per heavy atom. The lowest BCUT2D eigenvalue weighted by Gasteiger charge is -2.42. The normalized spacial score (nSPS) is 29.6. The van der Waals surface area contributed by atoms with Crippen molar-refractivity contribution in [2.75, 3.05) is 20.2 Å². The summed E-state index contributed by atoms with van der Waals surface area (Å²) < 4.78 is 17.7. The molecule has 0 bridgehead atoms. The van der Waals surface area contributed by atoms with Crippen molar-refractivity contribution in [3.63, 3.8) is 0 Å². The Balaban J connectivity index is 1.38. The first-order valence-corrected chi connectivity index (χ1v) is 15.8. The molecule has 6 atom stereocenters. The second kappa shape index (κ2) is 12.4. The van der Waals surface area contributed by atoms with Crippen molar-refractivity contribution in [3.05, 3.63) is 51.6 Å². The summed E-state index contributed by atoms with van der Waals surface area (Å²) in [7, 11) is 1.35. The third-order valence-corrected chi connectivity index (χ3v) is 9.78. The molecular formula is C34H40N2O10. The van der Waals surface area contributed by atoms with E-state index in [0.29, 0.717) is 0 Å². The summed E-state index contributed by atoms with van der Waals surface area (Å²) in [5, 5.41) is 45.6. The Bertz CT molecular complexity index is 1600. The van der Waals surface area contributed by atoms with Crippen LogP contribution >= 0.6 is 0 Å². The molecular weight excluding hydrogens is 596 g/mol. The van der Waals surface area contributed by atoms with Gasteiger partial charge in [-0.1, -0.05) is 25.0 Å². The highest BCUT2D eigenvalue weighted by molar-refractivity contribution is 6.31. The summed E-state index contributed by atoms with van der Waals surface area (Å²) in [5.74, 6) is -3.11. The molecule has 12 heteroatoms. The zero-order valence-corrected chi connectivity index (χ0v) is 26.2. The minimum absolute atomic E-state index is 0.00753. The molecule has 2 heterocycles. The number of Topliss-reactive ketones (excluding diaryl/α,β-unsaturated/α-hetero) is 1. The second-order valence-electron chi connectivity index (χ2n) is 12.8. The van der Waals surface area contributed by atoms with Crippen LogP contribution in [-0.4, -0.2) is 99.4 Å². The maximum absolute atomic E-state index is 13.9. The van der Waals surface area contributed by atoms with E-state index >= 15 is 0 Å². The summed E-state index contributed by atoms with van der Waals surface area (Å²) in [4.78, 5) is 47.1. The molecule has 4 unspecified atom stereocenters. The fourth-order valence-electron chi connectivity index (χ4n) is 7.14. The highest BCUT2D eigenvalue weighted by Crippen LogP contribution is 2.52. The Morgan fingerprint density at radius 2 is 1.76 bits per heavy atom. The first-order chi connectivity index (χ1) is 21.9. The lowest BCUT2D eigenvalue weighted by Crippen LogP contribution is -2.49. The summed E-state index contributed by atoms with van der Waals surface area (Å²) in [6, 6.07) is 3.90. The number of fused-ring (bicyclic) bond motifs is 3. The minimum Gasteiger partial charge on any atom is -0.507 e. The summed E-state index contributed by atoms with van der Waals surface area (Å²) in [5.41, 5.74) is -2.98. The number of methoxy groups -OCH3 is 1. The van der Waals surface area contributed by atoms with Crippen molar-refractivity contribution in [2.24, 2.45) is 4.99 Å². The van der Waals surface area contributed by atoms with Gasteiger partial charge in [-0.3, -0.25) is 19.4 Å². The van der Waals surface area contributed by atoms with E-state index < -0.39 is 82.6 Å². The standard InChI is InChI=1S/C34H40N2O10/c1-17-29(38)21(35-16-36-11-6-4-5-7-12-36)13-24(45-17)46-23-15-34(43,18(2)37)14-20-26(23)33(42)28-27(31(20)40)30(39)19-9-8-10-22(44-3)25(19)32(28)41/h8-10,16-17,21,23-24,29,38,40,42-43H,4-7,11-15H2,1-3H3/t17?,21-,23-,24?,29?,34?/m0/s1. The number of aliphatic hydroxyl groups excluding tert-OH is 1. The van der Waals surface area contributed by atoms with Crippen molar-refractivity contribution >= 4 is 23.7 Å². The van der Waals surface area contributed by atoms with Gasteiger partial charge in [0, 0.05) is 49.0 Å². The Hall–Kier alpha value is -3.84. The number of aliphatic hydroxyl groups is 2. The van der Waals surface area contributed by atoms with Crippen LogP contribution in [0.3, 0.4) is 0 Å². The Labute approximate surface area is 266 Å². The number of hydrogen-bond acceptors (Lipinski definition) is 11. The Kier molecular flexibility index (Phi) is 8.66. The Morgan fingerprint density at radius 1 is 1.07 bits per heavy atom. The number of aliphatic imine (C=N–C) groups is 1. The number of carbonyl (C=O) groups excluding carboxylic acids is 3. The fourth-order valence-corrected chi connectivity index (χ4v) is 7.14. The molecule has 2 aliphatic heterocycles. The molecule has 46 heavy (non-hydrogen) atoms. The third kappa shape index (κ3) is 5.46. The van der Waals surface area contributed by atoms with Crippen LogP contribution in [0.15, 0.2) is 23.2 Å². The number of hydrogen-bond donors (Lipinski definition) is 4. The molecule has 2 aromatic carbocycles. The maximum Gasteiger partial charge on any atom is 0.202 e. The van der Waals surface area contributed by atoms with Gasteiger partial charge in [0.15, 0.2) is 17.9 Å². The highest BCUT2D eigenvalue weighted by atomic mass is 16.7. The number of rotatable bonds is 6. The monoisotopic (exact) mass is 636 g/mol. The third-order valence-electron chi connectivity index (χ3n) is 9.78. The lowest BCUT2D eigenvalue weighted by atomic mass is 9.72. The molecule has 0 aromatic heterocycles. The van der Waals surface area contributed by atoms with E-state index in [2.05, 4.69) is 9.89 Å². The van der Waals surface area contributed by atoms with Crippen LogP contribution in [0.4, 0.5) is 0 Å². The molecule has 4 N–H and O–H groups in total. The van der Waals surface area contributed by atoms with Crippen LogP contribution in [0.2, 0.25) is 0 Å². The molecule has 6 rings (SSSR count). The largest absolute Gasteiger partial charge is 0.507 e. The molecule has 2 aromatic rings. The van der Waals surface area contributed by atoms with Crippen LogP contribution < -0.4 is 4.74 Å². The van der Waals surface area contributed by atoms with Gasteiger partial charge >= 0.3 is 0 Å². The van der Waals surface area contributed by atoms with Crippen molar-refractivity contribution in [1.82, 2.24) is 4.90 Å². The number of nitrogens with zero attached hydrogens (tertiary/aromatic N) is 2. The molecule has 0 radical (unpaired) electrons. The molecule has 246 valence electrons. The van der Waals surface area contributed by atoms with E-state index in [1.54, 1.807) is 13.3 Å². The number of benzene rings is 2. The van der Waals surface area contributed by atoms with E-state index in [-0.39, 0.29) is 40.8 Å². The molecule has 0 amide bonds. The lowest BCUT2D eigenvalue weighted by molar-refractivity contribution is -0.246. The van der Waals surface area contributed by atoms with Crippen molar-refractivity contribution in [2.45, 2.75) is 95.0 Å². The molecule has 2 aliphatic carbocycles. The van der Waals surface area contributed by atoms with Gasteiger partial charge in [-0.15, -0.1) is 0 Å². The second-order valence-corrected chi connectivity index (χ2v) is 12.8. The zero-order valence-electron chi connectivity index (χ0n) is 26.2. The predicted octanol–water partition coefficient (Wildman–Crippen LogP) is 2.97. The van der Waals surface area contributed by atoms with Gasteiger partial charge in [0.05, 0.1) is 48.4 Å². The predicted molar refractivity (Wildman–Crippen MR) is 165 cm³/mol. The fraction of sp³-hybridized carbons (Fsp3) is 0.529. The van der Waals surface area contributed by atoms with Gasteiger partial charge in [-0.2, -0.15) is 0 Å². The quantitative estimate of drug-likeness (QED) is 0.178.